The summed E-state index contributed by atoms with van der Waals surface area (Å²) < 4.78 is 0. The molecular formula is C20H22N2O5. The topological polar surface area (TPSA) is 104 Å². The van der Waals surface area contributed by atoms with E-state index in [-0.39, 0.29) is 24.0 Å². The molecule has 1 saturated heterocycles. The van der Waals surface area contributed by atoms with Crippen molar-refractivity contribution in [1.29, 1.82) is 0 Å². The van der Waals surface area contributed by atoms with Gasteiger partial charge in [-0.05, 0) is 49.3 Å². The van der Waals surface area contributed by atoms with Crippen molar-refractivity contribution in [1.82, 2.24) is 10.2 Å². The summed E-state index contributed by atoms with van der Waals surface area (Å²) >= 11 is 0. The van der Waals surface area contributed by atoms with Crippen LogP contribution in [0.25, 0.3) is 0 Å². The van der Waals surface area contributed by atoms with Crippen LogP contribution in [0.1, 0.15) is 71.7 Å². The van der Waals surface area contributed by atoms with Crippen molar-refractivity contribution in [2.75, 3.05) is 0 Å². The number of imide groups is 2. The van der Waals surface area contributed by atoms with E-state index in [1.165, 1.54) is 0 Å². The molecule has 0 radical (unpaired) electrons. The predicted octanol–water partition coefficient (Wildman–Crippen LogP) is 1.49. The van der Waals surface area contributed by atoms with Crippen LogP contribution in [-0.2, 0) is 15.2 Å². The zero-order valence-electron chi connectivity index (χ0n) is 15.2. The van der Waals surface area contributed by atoms with E-state index in [0.717, 1.165) is 17.7 Å². The molecule has 0 bridgehead atoms. The molecule has 4 amide bonds. The van der Waals surface area contributed by atoms with Crippen molar-refractivity contribution in [3.8, 4) is 0 Å². The van der Waals surface area contributed by atoms with Gasteiger partial charge in [0.2, 0.25) is 11.8 Å². The average molecular weight is 370 g/mol. The second-order valence-corrected chi connectivity index (χ2v) is 7.94. The number of rotatable bonds is 2. The Balaban J connectivity index is 1.66. The number of hydrogen-bond donors (Lipinski definition) is 2. The zero-order valence-corrected chi connectivity index (χ0v) is 15.2. The van der Waals surface area contributed by atoms with E-state index in [0.29, 0.717) is 24.3 Å². The van der Waals surface area contributed by atoms with Crippen LogP contribution >= 0.6 is 0 Å². The Morgan fingerprint density at radius 2 is 1.85 bits per heavy atom. The number of amides is 4. The van der Waals surface area contributed by atoms with Gasteiger partial charge in [0.25, 0.3) is 11.8 Å². The number of fused-ring (bicyclic) bond motifs is 1. The van der Waals surface area contributed by atoms with Crippen molar-refractivity contribution in [3.05, 3.63) is 34.9 Å². The van der Waals surface area contributed by atoms with E-state index in [9.17, 15) is 24.3 Å². The lowest BCUT2D eigenvalue weighted by atomic mass is 9.74. The molecule has 142 valence electrons. The van der Waals surface area contributed by atoms with Gasteiger partial charge in [0.15, 0.2) is 0 Å². The number of nitrogens with one attached hydrogen (secondary N) is 1. The van der Waals surface area contributed by atoms with Gasteiger partial charge in [-0.25, -0.2) is 0 Å². The molecule has 4 rings (SSSR count). The number of piperidine rings is 1. The summed E-state index contributed by atoms with van der Waals surface area (Å²) in [6, 6.07) is 3.89. The minimum Gasteiger partial charge on any atom is -0.385 e. The minimum atomic E-state index is -1.00. The molecule has 3 aliphatic rings. The largest absolute Gasteiger partial charge is 0.385 e. The first-order chi connectivity index (χ1) is 12.8. The highest BCUT2D eigenvalue weighted by Gasteiger charge is 2.45. The third-order valence-electron chi connectivity index (χ3n) is 5.95. The molecule has 2 heterocycles. The van der Waals surface area contributed by atoms with Crippen LogP contribution < -0.4 is 5.32 Å². The monoisotopic (exact) mass is 370 g/mol. The van der Waals surface area contributed by atoms with Crippen LogP contribution in [0.5, 0.6) is 0 Å². The van der Waals surface area contributed by atoms with Gasteiger partial charge in [-0.3, -0.25) is 29.4 Å². The van der Waals surface area contributed by atoms with E-state index in [4.69, 9.17) is 0 Å². The van der Waals surface area contributed by atoms with Crippen LogP contribution in [0.2, 0.25) is 0 Å². The Morgan fingerprint density at radius 3 is 2.56 bits per heavy atom. The molecule has 7 nitrogen and oxygen atoms in total. The molecule has 1 aromatic rings. The van der Waals surface area contributed by atoms with Gasteiger partial charge < -0.3 is 5.11 Å². The first kappa shape index (κ1) is 17.9. The van der Waals surface area contributed by atoms with Gasteiger partial charge in [0.1, 0.15) is 6.04 Å². The number of carbonyl (C=O) groups excluding carboxylic acids is 4. The Hall–Kier alpha value is -2.54. The first-order valence-corrected chi connectivity index (χ1v) is 9.38. The summed E-state index contributed by atoms with van der Waals surface area (Å²) in [5.41, 5.74) is 0.0896. The normalized spacial score (nSPS) is 31.1. The van der Waals surface area contributed by atoms with Crippen LogP contribution in [0.3, 0.4) is 0 Å². The summed E-state index contributed by atoms with van der Waals surface area (Å²) in [5, 5.41) is 13.3. The third-order valence-corrected chi connectivity index (χ3v) is 5.95. The van der Waals surface area contributed by atoms with Crippen LogP contribution in [0, 0.1) is 5.92 Å². The fraction of sp³-hybridized carbons (Fsp3) is 0.500. The SMILES string of the molecule is CC1CCCC(O)(c2ccc3c(c2)C(=O)N(C2CCC(=O)NC2=O)C3=O)C1. The van der Waals surface area contributed by atoms with Crippen molar-refractivity contribution in [2.45, 2.75) is 57.1 Å². The average Bonchev–Trinajstić information content (AvgIpc) is 2.86. The molecule has 0 aromatic heterocycles. The standard InChI is InChI=1S/C20H22N2O5/c1-11-3-2-8-20(27,10-11)12-4-5-13-14(9-12)19(26)22(18(13)25)15-6-7-16(23)21-17(15)24/h4-5,9,11,15,27H,2-3,6-8,10H2,1H3,(H,21,23,24). The van der Waals surface area contributed by atoms with Gasteiger partial charge >= 0.3 is 0 Å². The molecule has 7 heteroatoms. The van der Waals surface area contributed by atoms with Gasteiger partial charge in [-0.2, -0.15) is 0 Å². The smallest absolute Gasteiger partial charge is 0.262 e. The van der Waals surface area contributed by atoms with Gasteiger partial charge in [0.05, 0.1) is 16.7 Å². The second kappa shape index (κ2) is 6.27. The molecule has 2 fully saturated rings. The Kier molecular flexibility index (Phi) is 4.14. The Labute approximate surface area is 156 Å². The quantitative estimate of drug-likeness (QED) is 0.768. The van der Waals surface area contributed by atoms with Gasteiger partial charge in [0, 0.05) is 6.42 Å². The fourth-order valence-corrected chi connectivity index (χ4v) is 4.55. The van der Waals surface area contributed by atoms with Crippen molar-refractivity contribution >= 4 is 23.6 Å². The van der Waals surface area contributed by atoms with E-state index in [1.807, 2.05) is 0 Å². The fourth-order valence-electron chi connectivity index (χ4n) is 4.55. The molecule has 2 N–H and O–H groups in total. The Morgan fingerprint density at radius 1 is 1.11 bits per heavy atom. The molecule has 0 spiro atoms. The highest BCUT2D eigenvalue weighted by Crippen LogP contribution is 2.41. The van der Waals surface area contributed by atoms with Crippen LogP contribution in [0.15, 0.2) is 18.2 Å². The molecule has 27 heavy (non-hydrogen) atoms. The molecule has 1 saturated carbocycles. The van der Waals surface area contributed by atoms with Crippen molar-refractivity contribution in [2.24, 2.45) is 5.92 Å². The maximum atomic E-state index is 12.9. The van der Waals surface area contributed by atoms with Gasteiger partial charge in [-0.15, -0.1) is 0 Å². The van der Waals surface area contributed by atoms with E-state index in [2.05, 4.69) is 12.2 Å². The maximum absolute atomic E-state index is 12.9. The molecule has 1 aliphatic carbocycles. The number of aliphatic hydroxyl groups is 1. The molecule has 3 atom stereocenters. The maximum Gasteiger partial charge on any atom is 0.262 e. The summed E-state index contributed by atoms with van der Waals surface area (Å²) in [6.45, 7) is 2.09. The summed E-state index contributed by atoms with van der Waals surface area (Å²) in [6.07, 6.45) is 3.43. The number of carbonyl (C=O) groups is 4. The Bertz CT molecular complexity index is 864. The zero-order chi connectivity index (χ0) is 19.3. The molecule has 1 aromatic carbocycles. The molecular weight excluding hydrogens is 348 g/mol. The lowest BCUT2D eigenvalue weighted by molar-refractivity contribution is -0.136. The van der Waals surface area contributed by atoms with Gasteiger partial charge in [-0.1, -0.05) is 19.4 Å². The highest BCUT2D eigenvalue weighted by molar-refractivity contribution is 6.23. The van der Waals surface area contributed by atoms with E-state index in [1.54, 1.807) is 18.2 Å². The highest BCUT2D eigenvalue weighted by atomic mass is 16.3. The summed E-state index contributed by atoms with van der Waals surface area (Å²) in [4.78, 5) is 50.0. The van der Waals surface area contributed by atoms with Crippen LogP contribution in [-0.4, -0.2) is 39.7 Å². The van der Waals surface area contributed by atoms with Crippen LogP contribution in [0.4, 0.5) is 0 Å². The van der Waals surface area contributed by atoms with E-state index >= 15 is 0 Å². The lowest BCUT2D eigenvalue weighted by Crippen LogP contribution is -2.54. The van der Waals surface area contributed by atoms with E-state index < -0.39 is 35.3 Å². The third kappa shape index (κ3) is 2.86. The molecule has 2 aliphatic heterocycles. The number of nitrogens with zero attached hydrogens (tertiary/aromatic N) is 1. The molecule has 3 unspecified atom stereocenters. The van der Waals surface area contributed by atoms with Crippen molar-refractivity contribution in [3.63, 3.8) is 0 Å². The summed E-state index contributed by atoms with van der Waals surface area (Å²) in [7, 11) is 0. The number of benzene rings is 1. The first-order valence-electron chi connectivity index (χ1n) is 9.38. The number of hydrogen-bond acceptors (Lipinski definition) is 5. The summed E-state index contributed by atoms with van der Waals surface area (Å²) in [5.74, 6) is -1.71. The van der Waals surface area contributed by atoms with Crippen molar-refractivity contribution < 1.29 is 24.3 Å². The lowest BCUT2D eigenvalue weighted by Gasteiger charge is -2.36. The minimum absolute atomic E-state index is 0.0900. The second-order valence-electron chi connectivity index (χ2n) is 7.94. The predicted molar refractivity (Wildman–Crippen MR) is 94.6 cm³/mol.